The first-order valence-corrected chi connectivity index (χ1v) is 8.79. The van der Waals surface area contributed by atoms with Gasteiger partial charge in [0.15, 0.2) is 5.57 Å². The molecule has 30 heavy (non-hydrogen) atoms. The molecule has 0 aliphatic carbocycles. The number of nitriles is 2. The first-order chi connectivity index (χ1) is 14.5. The topological polar surface area (TPSA) is 111 Å². The second-order valence-corrected chi connectivity index (χ2v) is 6.13. The average molecular weight is 394 g/mol. The SMILES string of the molecule is N#CC(C#N)=C1C=CC=CN1C(=Cc1cccc([N+](=O)[O-])c1)C(=O)c1ccccc1. The van der Waals surface area contributed by atoms with Crippen molar-refractivity contribution in [1.82, 2.24) is 4.90 Å². The Balaban J connectivity index is 2.20. The van der Waals surface area contributed by atoms with Crippen LogP contribution < -0.4 is 0 Å². The first-order valence-electron chi connectivity index (χ1n) is 8.79. The van der Waals surface area contributed by atoms with Crippen LogP contribution in [0.4, 0.5) is 5.69 Å². The van der Waals surface area contributed by atoms with Gasteiger partial charge in [0.05, 0.1) is 16.3 Å². The molecule has 0 saturated carbocycles. The molecule has 0 atom stereocenters. The molecule has 0 unspecified atom stereocenters. The summed E-state index contributed by atoms with van der Waals surface area (Å²) < 4.78 is 0. The lowest BCUT2D eigenvalue weighted by Crippen LogP contribution is -2.24. The Morgan fingerprint density at radius 1 is 1.03 bits per heavy atom. The zero-order chi connectivity index (χ0) is 21.5. The highest BCUT2D eigenvalue weighted by Crippen LogP contribution is 2.27. The Hall–Kier alpha value is -4.75. The van der Waals surface area contributed by atoms with E-state index in [0.29, 0.717) is 11.1 Å². The molecule has 0 bridgehead atoms. The molecule has 0 aromatic heterocycles. The molecule has 7 nitrogen and oxygen atoms in total. The van der Waals surface area contributed by atoms with Crippen LogP contribution >= 0.6 is 0 Å². The third-order valence-electron chi connectivity index (χ3n) is 4.25. The maximum atomic E-state index is 13.3. The number of hydrogen-bond donors (Lipinski definition) is 0. The van der Waals surface area contributed by atoms with Gasteiger partial charge in [-0.05, 0) is 23.8 Å². The minimum Gasteiger partial charge on any atom is -0.312 e. The molecule has 7 heteroatoms. The minimum absolute atomic E-state index is 0.116. The second kappa shape index (κ2) is 8.96. The van der Waals surface area contributed by atoms with Crippen molar-refractivity contribution in [3.8, 4) is 12.1 Å². The molecule has 0 fully saturated rings. The first kappa shape index (κ1) is 20.0. The lowest BCUT2D eigenvalue weighted by molar-refractivity contribution is -0.384. The van der Waals surface area contributed by atoms with E-state index < -0.39 is 4.92 Å². The van der Waals surface area contributed by atoms with E-state index in [4.69, 9.17) is 0 Å². The molecule has 3 rings (SSSR count). The molecule has 1 heterocycles. The fourth-order valence-corrected chi connectivity index (χ4v) is 2.86. The van der Waals surface area contributed by atoms with E-state index in [1.807, 2.05) is 12.1 Å². The third kappa shape index (κ3) is 4.22. The minimum atomic E-state index is -0.519. The van der Waals surface area contributed by atoms with Crippen LogP contribution in [-0.2, 0) is 0 Å². The number of hydrogen-bond acceptors (Lipinski definition) is 6. The summed E-state index contributed by atoms with van der Waals surface area (Å²) in [6, 6.07) is 18.0. The van der Waals surface area contributed by atoms with E-state index in [9.17, 15) is 25.4 Å². The number of rotatable bonds is 5. The standard InChI is InChI=1S/C23H14N4O3/c24-15-19(16-25)21-11-4-5-12-26(21)22(23(28)18-8-2-1-3-9-18)14-17-7-6-10-20(13-17)27(29)30/h1-14H. The highest BCUT2D eigenvalue weighted by molar-refractivity contribution is 6.11. The van der Waals surface area contributed by atoms with Crippen LogP contribution in [0, 0.1) is 32.8 Å². The van der Waals surface area contributed by atoms with E-state index in [-0.39, 0.29) is 28.4 Å². The zero-order valence-electron chi connectivity index (χ0n) is 15.6. The fraction of sp³-hybridized carbons (Fsp3) is 0. The van der Waals surface area contributed by atoms with Gasteiger partial charge in [-0.25, -0.2) is 0 Å². The van der Waals surface area contributed by atoms with Gasteiger partial charge < -0.3 is 4.90 Å². The highest BCUT2D eigenvalue weighted by atomic mass is 16.6. The van der Waals surface area contributed by atoms with E-state index in [2.05, 4.69) is 0 Å². The van der Waals surface area contributed by atoms with Gasteiger partial charge in [-0.3, -0.25) is 14.9 Å². The van der Waals surface area contributed by atoms with Crippen molar-refractivity contribution in [2.75, 3.05) is 0 Å². The maximum Gasteiger partial charge on any atom is 0.270 e. The number of ketones is 1. The highest BCUT2D eigenvalue weighted by Gasteiger charge is 2.23. The Labute approximate surface area is 172 Å². The van der Waals surface area contributed by atoms with Crippen molar-refractivity contribution < 1.29 is 9.72 Å². The summed E-state index contributed by atoms with van der Waals surface area (Å²) in [7, 11) is 0. The lowest BCUT2D eigenvalue weighted by Gasteiger charge is -2.26. The van der Waals surface area contributed by atoms with Gasteiger partial charge in [-0.15, -0.1) is 0 Å². The number of non-ortho nitro benzene ring substituents is 1. The van der Waals surface area contributed by atoms with Crippen molar-refractivity contribution >= 4 is 17.5 Å². The molecule has 0 amide bonds. The van der Waals surface area contributed by atoms with Crippen molar-refractivity contribution in [3.05, 3.63) is 117 Å². The quantitative estimate of drug-likeness (QED) is 0.243. The van der Waals surface area contributed by atoms with Crippen molar-refractivity contribution in [3.63, 3.8) is 0 Å². The summed E-state index contributed by atoms with van der Waals surface area (Å²) in [6.07, 6.45) is 7.93. The Morgan fingerprint density at radius 3 is 2.43 bits per heavy atom. The Bertz CT molecular complexity index is 1190. The second-order valence-electron chi connectivity index (χ2n) is 6.13. The molecule has 144 valence electrons. The third-order valence-corrected chi connectivity index (χ3v) is 4.25. The lowest BCUT2D eigenvalue weighted by atomic mass is 10.0. The number of carbonyl (C=O) groups is 1. The summed E-state index contributed by atoms with van der Waals surface area (Å²) in [5.41, 5.74) is 0.924. The van der Waals surface area contributed by atoms with Crippen LogP contribution in [0.2, 0.25) is 0 Å². The molecular formula is C23H14N4O3. The van der Waals surface area contributed by atoms with E-state index in [1.165, 1.54) is 29.2 Å². The smallest absolute Gasteiger partial charge is 0.270 e. The molecule has 2 aromatic rings. The van der Waals surface area contributed by atoms with Gasteiger partial charge in [0.25, 0.3) is 5.69 Å². The normalized spacial score (nSPS) is 12.8. The monoisotopic (exact) mass is 394 g/mol. The summed E-state index contributed by atoms with van der Waals surface area (Å²) in [5, 5.41) is 29.8. The number of nitro benzene ring substituents is 1. The van der Waals surface area contributed by atoms with Gasteiger partial charge in [0.2, 0.25) is 5.78 Å². The van der Waals surface area contributed by atoms with Crippen LogP contribution in [-0.4, -0.2) is 15.6 Å². The van der Waals surface area contributed by atoms with Crippen molar-refractivity contribution in [2.24, 2.45) is 0 Å². The van der Waals surface area contributed by atoms with Gasteiger partial charge >= 0.3 is 0 Å². The summed E-state index contributed by atoms with van der Waals surface area (Å²) in [6.45, 7) is 0. The molecule has 1 aliphatic heterocycles. The summed E-state index contributed by atoms with van der Waals surface area (Å²) >= 11 is 0. The predicted molar refractivity (Wildman–Crippen MR) is 110 cm³/mol. The van der Waals surface area contributed by atoms with Crippen molar-refractivity contribution in [1.29, 1.82) is 10.5 Å². The van der Waals surface area contributed by atoms with Crippen LogP contribution in [0.1, 0.15) is 15.9 Å². The van der Waals surface area contributed by atoms with Gasteiger partial charge in [0, 0.05) is 23.9 Å². The number of nitrogens with zero attached hydrogens (tertiary/aromatic N) is 4. The molecular weight excluding hydrogens is 380 g/mol. The molecule has 0 N–H and O–H groups in total. The van der Waals surface area contributed by atoms with E-state index in [1.54, 1.807) is 60.8 Å². The fourth-order valence-electron chi connectivity index (χ4n) is 2.86. The Morgan fingerprint density at radius 2 is 1.77 bits per heavy atom. The van der Waals surface area contributed by atoms with E-state index in [0.717, 1.165) is 0 Å². The molecule has 0 saturated heterocycles. The van der Waals surface area contributed by atoms with Crippen molar-refractivity contribution in [2.45, 2.75) is 0 Å². The van der Waals surface area contributed by atoms with Gasteiger partial charge in [0.1, 0.15) is 12.1 Å². The van der Waals surface area contributed by atoms with Gasteiger partial charge in [-0.2, -0.15) is 10.5 Å². The molecule has 2 aromatic carbocycles. The summed E-state index contributed by atoms with van der Waals surface area (Å²) in [5.74, 6) is -0.366. The molecule has 1 aliphatic rings. The number of nitro groups is 1. The Kier molecular flexibility index (Phi) is 5.97. The van der Waals surface area contributed by atoms with E-state index >= 15 is 0 Å². The van der Waals surface area contributed by atoms with Crippen LogP contribution in [0.25, 0.3) is 6.08 Å². The largest absolute Gasteiger partial charge is 0.312 e. The number of Topliss-reactive ketones (excluding diaryl/α,β-unsaturated/α-hetero) is 1. The average Bonchev–Trinajstić information content (AvgIpc) is 2.79. The number of allylic oxidation sites excluding steroid dienone is 5. The number of carbonyl (C=O) groups excluding carboxylic acids is 1. The maximum absolute atomic E-state index is 13.3. The van der Waals surface area contributed by atoms with Crippen LogP contribution in [0.5, 0.6) is 0 Å². The number of benzene rings is 2. The molecule has 0 spiro atoms. The zero-order valence-corrected chi connectivity index (χ0v) is 15.6. The van der Waals surface area contributed by atoms with Gasteiger partial charge in [-0.1, -0.05) is 48.5 Å². The molecule has 0 radical (unpaired) electrons. The van der Waals surface area contributed by atoms with Crippen LogP contribution in [0.3, 0.4) is 0 Å². The van der Waals surface area contributed by atoms with Crippen LogP contribution in [0.15, 0.2) is 96.0 Å². The summed E-state index contributed by atoms with van der Waals surface area (Å²) in [4.78, 5) is 25.4. The predicted octanol–water partition coefficient (Wildman–Crippen LogP) is 4.51.